The Hall–Kier alpha value is -1.28. The van der Waals surface area contributed by atoms with E-state index in [2.05, 4.69) is 69.8 Å². The maximum atomic E-state index is 12.0. The molecule has 43 heavy (non-hydrogen) atoms. The molecule has 0 aliphatic heterocycles. The number of nitrogens with zero attached hydrogens (tertiary/aromatic N) is 4. The molecule has 4 saturated carbocycles. The van der Waals surface area contributed by atoms with Gasteiger partial charge in [-0.1, -0.05) is 47.5 Å². The van der Waals surface area contributed by atoms with E-state index in [4.69, 9.17) is 9.16 Å². The van der Waals surface area contributed by atoms with Gasteiger partial charge in [0.05, 0.1) is 12.7 Å². The van der Waals surface area contributed by atoms with Crippen LogP contribution >= 0.6 is 0 Å². The lowest BCUT2D eigenvalue weighted by atomic mass is 9.41. The molecule has 1 heterocycles. The second-order valence-electron chi connectivity index (χ2n) is 16.7. The molecular formula is C35H62N4O3Si. The highest BCUT2D eigenvalue weighted by Gasteiger charge is 2.65. The average molecular weight is 615 g/mol. The Balaban J connectivity index is 1.32. The molecule has 0 aromatic carbocycles. The molecule has 244 valence electrons. The van der Waals surface area contributed by atoms with E-state index in [1.807, 2.05) is 6.92 Å². The summed E-state index contributed by atoms with van der Waals surface area (Å²) in [6.45, 7) is 23.1. The Kier molecular flexibility index (Phi) is 9.88. The zero-order chi connectivity index (χ0) is 31.2. The smallest absolute Gasteiger partial charge is 0.313 e. The standard InChI is InChI=1S/C35H62N4O3Si/c1-10-25-29-21-23(3)16-18-35(29,6)28-17-19-34(5)26(14-15-27(34)32(28)33(25)42-43(7,8)9)24(4)13-12-20-39-30(36-37-38-39)22-31(40)41-11-2/h23-29,32-33H,10-22H2,1-9H3/t23-,24-,25-,26-,27+,28+,29+,32+,33-,34-,35-/m1/s1. The summed E-state index contributed by atoms with van der Waals surface area (Å²) in [5.74, 6) is 6.47. The van der Waals surface area contributed by atoms with E-state index >= 15 is 0 Å². The zero-order valence-corrected chi connectivity index (χ0v) is 29.9. The Morgan fingerprint density at radius 3 is 2.47 bits per heavy atom. The molecule has 8 heteroatoms. The van der Waals surface area contributed by atoms with Crippen LogP contribution < -0.4 is 0 Å². The highest BCUT2D eigenvalue weighted by Crippen LogP contribution is 2.70. The maximum Gasteiger partial charge on any atom is 0.313 e. The third-order valence-electron chi connectivity index (χ3n) is 13.1. The van der Waals surface area contributed by atoms with Gasteiger partial charge in [0.15, 0.2) is 14.1 Å². The largest absolute Gasteiger partial charge is 0.466 e. The van der Waals surface area contributed by atoms with Crippen LogP contribution in [0.4, 0.5) is 0 Å². The Morgan fingerprint density at radius 2 is 1.77 bits per heavy atom. The average Bonchev–Trinajstić information content (AvgIpc) is 3.52. The summed E-state index contributed by atoms with van der Waals surface area (Å²) in [6, 6.07) is 0. The van der Waals surface area contributed by atoms with Crippen molar-refractivity contribution in [2.75, 3.05) is 6.61 Å². The number of esters is 1. The quantitative estimate of drug-likeness (QED) is 0.186. The summed E-state index contributed by atoms with van der Waals surface area (Å²) >= 11 is 0. The molecule has 0 bridgehead atoms. The predicted molar refractivity (Wildman–Crippen MR) is 174 cm³/mol. The van der Waals surface area contributed by atoms with Gasteiger partial charge >= 0.3 is 5.97 Å². The summed E-state index contributed by atoms with van der Waals surface area (Å²) < 4.78 is 14.3. The van der Waals surface area contributed by atoms with E-state index in [1.54, 1.807) is 4.68 Å². The van der Waals surface area contributed by atoms with Crippen LogP contribution in [0.1, 0.15) is 112 Å². The zero-order valence-electron chi connectivity index (χ0n) is 28.9. The monoisotopic (exact) mass is 614 g/mol. The number of hydrogen-bond acceptors (Lipinski definition) is 6. The molecule has 7 nitrogen and oxygen atoms in total. The van der Waals surface area contributed by atoms with Crippen molar-refractivity contribution in [1.82, 2.24) is 20.2 Å². The molecule has 4 aliphatic carbocycles. The minimum Gasteiger partial charge on any atom is -0.466 e. The summed E-state index contributed by atoms with van der Waals surface area (Å²) in [6.07, 6.45) is 13.8. The first-order valence-electron chi connectivity index (χ1n) is 17.9. The number of aryl methyl sites for hydroxylation is 1. The molecule has 4 fully saturated rings. The van der Waals surface area contributed by atoms with Gasteiger partial charge in [-0.05, 0) is 147 Å². The van der Waals surface area contributed by atoms with Gasteiger partial charge in [-0.2, -0.15) is 0 Å². The van der Waals surface area contributed by atoms with Crippen LogP contribution in [0, 0.1) is 58.2 Å². The topological polar surface area (TPSA) is 79.1 Å². The molecule has 5 rings (SSSR count). The van der Waals surface area contributed by atoms with Crippen LogP contribution in [0.25, 0.3) is 0 Å². The lowest BCUT2D eigenvalue weighted by Gasteiger charge is -2.66. The second-order valence-corrected chi connectivity index (χ2v) is 21.2. The fraction of sp³-hybridized carbons (Fsp3) is 0.943. The number of hydrogen-bond donors (Lipinski definition) is 0. The summed E-state index contributed by atoms with van der Waals surface area (Å²) in [5.41, 5.74) is 0.879. The molecule has 1 aromatic heterocycles. The van der Waals surface area contributed by atoms with Crippen molar-refractivity contribution in [3.63, 3.8) is 0 Å². The fourth-order valence-electron chi connectivity index (χ4n) is 11.3. The molecule has 0 saturated heterocycles. The van der Waals surface area contributed by atoms with Gasteiger partial charge in [0.25, 0.3) is 0 Å². The SMILES string of the molecule is CCOC(=O)Cc1nnnn1CCC[C@@H](C)[C@H]1CC[C@H]2[C@@H]3[C@H](O[Si](C)(C)C)[C@H](CC)[C@@H]4C[C@H](C)CC[C@]4(C)[C@H]3CC[C@]12C. The van der Waals surface area contributed by atoms with Gasteiger partial charge < -0.3 is 9.16 Å². The number of rotatable bonds is 11. The van der Waals surface area contributed by atoms with Gasteiger partial charge in [-0.25, -0.2) is 4.68 Å². The van der Waals surface area contributed by atoms with Gasteiger partial charge in [-0.15, -0.1) is 5.10 Å². The molecular weight excluding hydrogens is 552 g/mol. The van der Waals surface area contributed by atoms with Crippen LogP contribution in [-0.2, 0) is 26.9 Å². The highest BCUT2D eigenvalue weighted by molar-refractivity contribution is 6.69. The van der Waals surface area contributed by atoms with Crippen molar-refractivity contribution in [3.8, 4) is 0 Å². The first-order valence-corrected chi connectivity index (χ1v) is 21.3. The van der Waals surface area contributed by atoms with Gasteiger partial charge in [0.2, 0.25) is 0 Å². The third kappa shape index (κ3) is 6.39. The van der Waals surface area contributed by atoms with Crippen molar-refractivity contribution in [3.05, 3.63) is 5.82 Å². The molecule has 0 radical (unpaired) electrons. The number of ether oxygens (including phenoxy) is 1. The minimum absolute atomic E-state index is 0.138. The normalized spacial score (nSPS) is 39.9. The Morgan fingerprint density at radius 1 is 1.05 bits per heavy atom. The van der Waals surface area contributed by atoms with Crippen molar-refractivity contribution in [2.45, 2.75) is 144 Å². The summed E-state index contributed by atoms with van der Waals surface area (Å²) in [7, 11) is -1.70. The minimum atomic E-state index is -1.70. The van der Waals surface area contributed by atoms with Crippen molar-refractivity contribution < 1.29 is 14.0 Å². The number of fused-ring (bicyclic) bond motifs is 5. The Labute approximate surface area is 263 Å². The summed E-state index contributed by atoms with van der Waals surface area (Å²) in [5, 5.41) is 12.1. The fourth-order valence-corrected chi connectivity index (χ4v) is 12.5. The second kappa shape index (κ2) is 12.8. The molecule has 1 aromatic rings. The lowest BCUT2D eigenvalue weighted by Crippen LogP contribution is -2.63. The first kappa shape index (κ1) is 33.1. The Bertz CT molecular complexity index is 1110. The maximum absolute atomic E-state index is 12.0. The molecule has 4 aliphatic rings. The molecule has 0 amide bonds. The lowest BCUT2D eigenvalue weighted by molar-refractivity contribution is -0.193. The van der Waals surface area contributed by atoms with E-state index in [0.29, 0.717) is 47.1 Å². The van der Waals surface area contributed by atoms with E-state index in [0.717, 1.165) is 42.6 Å². The van der Waals surface area contributed by atoms with Crippen LogP contribution in [0.15, 0.2) is 0 Å². The first-order chi connectivity index (χ1) is 20.3. The number of aromatic nitrogens is 4. The van der Waals surface area contributed by atoms with Gasteiger partial charge in [0.1, 0.15) is 6.42 Å². The van der Waals surface area contributed by atoms with E-state index in [-0.39, 0.29) is 12.4 Å². The molecule has 0 unspecified atom stereocenters. The predicted octanol–water partition coefficient (Wildman–Crippen LogP) is 7.96. The highest BCUT2D eigenvalue weighted by atomic mass is 28.4. The van der Waals surface area contributed by atoms with Gasteiger partial charge in [0, 0.05) is 6.54 Å². The van der Waals surface area contributed by atoms with Crippen LogP contribution in [0.5, 0.6) is 0 Å². The number of carbonyl (C=O) groups excluding carboxylic acids is 1. The summed E-state index contributed by atoms with van der Waals surface area (Å²) in [4.78, 5) is 12.0. The van der Waals surface area contributed by atoms with E-state index in [9.17, 15) is 4.79 Å². The van der Waals surface area contributed by atoms with Crippen molar-refractivity contribution in [1.29, 1.82) is 0 Å². The van der Waals surface area contributed by atoms with Crippen LogP contribution in [0.2, 0.25) is 19.6 Å². The van der Waals surface area contributed by atoms with E-state index in [1.165, 1.54) is 57.8 Å². The van der Waals surface area contributed by atoms with Crippen LogP contribution in [-0.4, -0.2) is 47.2 Å². The van der Waals surface area contributed by atoms with Crippen molar-refractivity contribution >= 4 is 14.3 Å². The van der Waals surface area contributed by atoms with Crippen LogP contribution in [0.3, 0.4) is 0 Å². The molecule has 0 N–H and O–H groups in total. The molecule has 11 atom stereocenters. The molecule has 0 spiro atoms. The third-order valence-corrected chi connectivity index (χ3v) is 14.1. The van der Waals surface area contributed by atoms with Gasteiger partial charge in [-0.3, -0.25) is 4.79 Å². The van der Waals surface area contributed by atoms with E-state index < -0.39 is 8.32 Å². The van der Waals surface area contributed by atoms with Crippen molar-refractivity contribution in [2.24, 2.45) is 58.2 Å². The number of carbonyl (C=O) groups is 1. The number of tetrazole rings is 1.